The number of amides is 3. The Morgan fingerprint density at radius 3 is 2.73 bits per heavy atom. The molecule has 2 bridgehead atoms. The van der Waals surface area contributed by atoms with Crippen LogP contribution in [0.5, 0.6) is 5.75 Å². The molecule has 0 radical (unpaired) electrons. The number of halogens is 3. The van der Waals surface area contributed by atoms with Crippen LogP contribution in [-0.4, -0.2) is 83.3 Å². The summed E-state index contributed by atoms with van der Waals surface area (Å²) in [5.41, 5.74) is 0.518. The molecule has 0 aliphatic carbocycles. The van der Waals surface area contributed by atoms with Gasteiger partial charge >= 0.3 is 12.2 Å². The number of rotatable bonds is 6. The van der Waals surface area contributed by atoms with E-state index in [0.29, 0.717) is 37.6 Å². The van der Waals surface area contributed by atoms with E-state index >= 15 is 0 Å². The van der Waals surface area contributed by atoms with Crippen LogP contribution in [0, 0.1) is 0 Å². The molecule has 15 heteroatoms. The number of nitrogens with zero attached hydrogens (tertiary/aromatic N) is 5. The zero-order valence-corrected chi connectivity index (χ0v) is 22.2. The first-order chi connectivity index (χ1) is 18.9. The molecular weight excluding hydrogens is 535 g/mol. The van der Waals surface area contributed by atoms with E-state index < -0.39 is 35.8 Å². The second-order valence-electron chi connectivity index (χ2n) is 10.3. The van der Waals surface area contributed by atoms with Crippen molar-refractivity contribution in [2.45, 2.75) is 63.8 Å². The summed E-state index contributed by atoms with van der Waals surface area (Å²) in [4.78, 5) is 41.8. The van der Waals surface area contributed by atoms with Gasteiger partial charge in [0.25, 0.3) is 5.91 Å². The lowest BCUT2D eigenvalue weighted by molar-refractivity contribution is -0.149. The van der Waals surface area contributed by atoms with Crippen LogP contribution in [0.25, 0.3) is 0 Å². The Hall–Kier alpha value is -3.72. The van der Waals surface area contributed by atoms with Crippen LogP contribution < -0.4 is 25.2 Å². The Labute approximate surface area is 228 Å². The summed E-state index contributed by atoms with van der Waals surface area (Å²) < 4.78 is 55.8. The number of carbonyl (C=O) groups is 2. The van der Waals surface area contributed by atoms with Crippen LogP contribution >= 0.6 is 0 Å². The van der Waals surface area contributed by atoms with Gasteiger partial charge in [-0.1, -0.05) is 0 Å². The number of ether oxygens (including phenoxy) is 3. The number of fused-ring (bicyclic) bond motifs is 4. The van der Waals surface area contributed by atoms with E-state index in [4.69, 9.17) is 14.2 Å². The van der Waals surface area contributed by atoms with Crippen molar-refractivity contribution in [3.8, 4) is 5.75 Å². The zero-order valence-electron chi connectivity index (χ0n) is 22.2. The van der Waals surface area contributed by atoms with E-state index in [1.54, 1.807) is 12.1 Å². The van der Waals surface area contributed by atoms with E-state index in [1.807, 2.05) is 24.1 Å². The lowest BCUT2D eigenvalue weighted by atomic mass is 10.0. The maximum Gasteiger partial charge on any atom is 0.408 e. The molecule has 3 aliphatic heterocycles. The Morgan fingerprint density at radius 1 is 1.25 bits per heavy atom. The smallest absolute Gasteiger partial charge is 0.408 e. The average Bonchev–Trinajstić information content (AvgIpc) is 3.26. The molecule has 2 aromatic rings. The van der Waals surface area contributed by atoms with Crippen LogP contribution in [0.2, 0.25) is 0 Å². The SMILES string of the molecule is C[C@@H](NC(=O)c1ncc2c(n1)N(C(=O)Nc1ccc(OC[C@@H]3COC(C)(C)O3)cn1)[C@H]1CCCN2C1)C(F)(F)F. The molecule has 2 aromatic heterocycles. The summed E-state index contributed by atoms with van der Waals surface area (Å²) in [6, 6.07) is 0.343. The second-order valence-corrected chi connectivity index (χ2v) is 10.3. The summed E-state index contributed by atoms with van der Waals surface area (Å²) in [7, 11) is 0. The van der Waals surface area contributed by atoms with Crippen molar-refractivity contribution in [1.29, 1.82) is 0 Å². The van der Waals surface area contributed by atoms with Crippen molar-refractivity contribution in [2.24, 2.45) is 0 Å². The summed E-state index contributed by atoms with van der Waals surface area (Å²) in [6.07, 6.45) is -0.506. The van der Waals surface area contributed by atoms with Crippen LogP contribution in [0.3, 0.4) is 0 Å². The summed E-state index contributed by atoms with van der Waals surface area (Å²) in [5, 5.41) is 4.60. The fourth-order valence-electron chi connectivity index (χ4n) is 4.78. The third-order valence-corrected chi connectivity index (χ3v) is 6.82. The average molecular weight is 566 g/mol. The highest BCUT2D eigenvalue weighted by atomic mass is 19.4. The van der Waals surface area contributed by atoms with Gasteiger partial charge < -0.3 is 24.4 Å². The second kappa shape index (κ2) is 10.7. The van der Waals surface area contributed by atoms with Gasteiger partial charge in [-0.3, -0.25) is 15.0 Å². The molecule has 12 nitrogen and oxygen atoms in total. The minimum Gasteiger partial charge on any atom is -0.489 e. The van der Waals surface area contributed by atoms with E-state index in [9.17, 15) is 22.8 Å². The zero-order chi connectivity index (χ0) is 28.7. The molecule has 2 N–H and O–H groups in total. The predicted octanol–water partition coefficient (Wildman–Crippen LogP) is 3.10. The minimum absolute atomic E-state index is 0.148. The molecule has 5 rings (SSSR count). The number of hydrogen-bond acceptors (Lipinski definition) is 9. The van der Waals surface area contributed by atoms with Crippen LogP contribution in [0.15, 0.2) is 24.5 Å². The van der Waals surface area contributed by atoms with Gasteiger partial charge in [0.1, 0.15) is 30.3 Å². The maximum absolute atomic E-state index is 13.5. The number of carbonyl (C=O) groups excluding carboxylic acids is 2. The van der Waals surface area contributed by atoms with Crippen LogP contribution in [0.4, 0.5) is 35.3 Å². The Kier molecular flexibility index (Phi) is 7.44. The number of alkyl halides is 3. The fourth-order valence-corrected chi connectivity index (χ4v) is 4.78. The van der Waals surface area contributed by atoms with Gasteiger partial charge in [0.05, 0.1) is 30.7 Å². The number of nitrogens with one attached hydrogen (secondary N) is 2. The first-order valence-electron chi connectivity index (χ1n) is 12.9. The molecule has 0 spiro atoms. The van der Waals surface area contributed by atoms with E-state index in [2.05, 4.69) is 20.3 Å². The number of aromatic nitrogens is 3. The van der Waals surface area contributed by atoms with E-state index in [1.165, 1.54) is 17.3 Å². The molecular formula is C25H30F3N7O5. The van der Waals surface area contributed by atoms with Crippen molar-refractivity contribution >= 4 is 29.3 Å². The normalized spacial score (nSPS) is 22.4. The lowest BCUT2D eigenvalue weighted by Gasteiger charge is -2.45. The number of urea groups is 1. The lowest BCUT2D eigenvalue weighted by Crippen LogP contribution is -2.56. The highest BCUT2D eigenvalue weighted by Gasteiger charge is 2.41. The third-order valence-electron chi connectivity index (χ3n) is 6.82. The van der Waals surface area contributed by atoms with Crippen molar-refractivity contribution in [1.82, 2.24) is 20.3 Å². The minimum atomic E-state index is -4.62. The van der Waals surface area contributed by atoms with Crippen molar-refractivity contribution < 1.29 is 37.0 Å². The van der Waals surface area contributed by atoms with Crippen LogP contribution in [-0.2, 0) is 9.47 Å². The Morgan fingerprint density at radius 2 is 2.05 bits per heavy atom. The summed E-state index contributed by atoms with van der Waals surface area (Å²) in [6.45, 7) is 6.41. The van der Waals surface area contributed by atoms with Gasteiger partial charge in [0.2, 0.25) is 5.82 Å². The highest BCUT2D eigenvalue weighted by Crippen LogP contribution is 2.37. The van der Waals surface area contributed by atoms with Gasteiger partial charge in [-0.2, -0.15) is 13.2 Å². The van der Waals surface area contributed by atoms with Crippen LogP contribution in [0.1, 0.15) is 44.2 Å². The summed E-state index contributed by atoms with van der Waals surface area (Å²) >= 11 is 0. The molecule has 5 heterocycles. The largest absolute Gasteiger partial charge is 0.489 e. The summed E-state index contributed by atoms with van der Waals surface area (Å²) in [5.74, 6) is -1.32. The molecule has 0 saturated carbocycles. The third kappa shape index (κ3) is 6.04. The quantitative estimate of drug-likeness (QED) is 0.543. The molecule has 3 amide bonds. The van der Waals surface area contributed by atoms with Gasteiger partial charge in [-0.15, -0.1) is 0 Å². The predicted molar refractivity (Wildman–Crippen MR) is 136 cm³/mol. The van der Waals surface area contributed by atoms with Crippen molar-refractivity contribution in [2.75, 3.05) is 41.4 Å². The molecule has 3 aliphatic rings. The van der Waals surface area contributed by atoms with Crippen molar-refractivity contribution in [3.05, 3.63) is 30.4 Å². The van der Waals surface area contributed by atoms with E-state index in [-0.39, 0.29) is 30.4 Å². The molecule has 0 aromatic carbocycles. The first-order valence-corrected chi connectivity index (χ1v) is 12.9. The highest BCUT2D eigenvalue weighted by molar-refractivity contribution is 6.04. The molecule has 216 valence electrons. The topological polar surface area (TPSA) is 131 Å². The maximum atomic E-state index is 13.5. The first kappa shape index (κ1) is 27.8. The Bertz CT molecular complexity index is 1260. The molecule has 2 saturated heterocycles. The monoisotopic (exact) mass is 565 g/mol. The number of pyridine rings is 1. The van der Waals surface area contributed by atoms with Gasteiger partial charge in [0, 0.05) is 13.1 Å². The van der Waals surface area contributed by atoms with Gasteiger partial charge in [0.15, 0.2) is 11.6 Å². The van der Waals surface area contributed by atoms with Crippen molar-refractivity contribution in [3.63, 3.8) is 0 Å². The molecule has 3 atom stereocenters. The number of anilines is 3. The van der Waals surface area contributed by atoms with Gasteiger partial charge in [-0.25, -0.2) is 19.7 Å². The van der Waals surface area contributed by atoms with Gasteiger partial charge in [-0.05, 0) is 45.7 Å². The van der Waals surface area contributed by atoms with E-state index in [0.717, 1.165) is 13.3 Å². The number of piperidine rings is 1. The fraction of sp³-hybridized carbons (Fsp3) is 0.560. The molecule has 0 unspecified atom stereocenters. The number of hydrogen-bond donors (Lipinski definition) is 2. The molecule has 40 heavy (non-hydrogen) atoms. The molecule has 2 fully saturated rings. The standard InChI is InChI=1S/C25H30F3N7O5/c1-14(25(26,27)28)31-22(36)20-30-10-18-21(33-20)35(15-5-4-8-34(18)11-15)23(37)32-19-7-6-16(9-29-19)38-12-17-13-39-24(2,3)40-17/h6-7,9-10,14-15,17H,4-5,8,11-13H2,1-3H3,(H,31,36)(H,29,32,37)/t14-,15+,17-/m1/s1. The Balaban J connectivity index is 1.29.